The number of carbonyl (C=O) groups is 2. The SMILES string of the molecule is COc1ccc(CC(C)C(=O)NCC(C)(C)C(=O)O)cc1OC. The van der Waals surface area contributed by atoms with Crippen molar-refractivity contribution in [2.45, 2.75) is 27.2 Å². The zero-order valence-electron chi connectivity index (χ0n) is 14.3. The average molecular weight is 323 g/mol. The molecule has 6 nitrogen and oxygen atoms in total. The van der Waals surface area contributed by atoms with E-state index in [2.05, 4.69) is 5.32 Å². The average Bonchev–Trinajstić information content (AvgIpc) is 2.52. The van der Waals surface area contributed by atoms with Gasteiger partial charge in [-0.15, -0.1) is 0 Å². The Bertz CT molecular complexity index is 568. The van der Waals surface area contributed by atoms with Gasteiger partial charge in [0, 0.05) is 12.5 Å². The third-order valence-electron chi connectivity index (χ3n) is 3.72. The van der Waals surface area contributed by atoms with Crippen molar-refractivity contribution in [1.82, 2.24) is 5.32 Å². The molecule has 1 amide bonds. The van der Waals surface area contributed by atoms with E-state index in [9.17, 15) is 9.59 Å². The van der Waals surface area contributed by atoms with Crippen molar-refractivity contribution in [2.24, 2.45) is 11.3 Å². The summed E-state index contributed by atoms with van der Waals surface area (Å²) in [5.41, 5.74) is -0.0404. The highest BCUT2D eigenvalue weighted by Crippen LogP contribution is 2.28. The molecule has 0 bridgehead atoms. The number of benzene rings is 1. The summed E-state index contributed by atoms with van der Waals surface area (Å²) in [6, 6.07) is 5.52. The zero-order chi connectivity index (χ0) is 17.6. The number of carboxylic acid groups (broad SMARTS) is 1. The Morgan fingerprint density at radius 3 is 2.35 bits per heavy atom. The lowest BCUT2D eigenvalue weighted by Crippen LogP contribution is -2.41. The predicted molar refractivity (Wildman–Crippen MR) is 86.8 cm³/mol. The second kappa shape index (κ2) is 7.85. The van der Waals surface area contributed by atoms with Crippen LogP contribution >= 0.6 is 0 Å². The van der Waals surface area contributed by atoms with Crippen LogP contribution in [0.5, 0.6) is 11.5 Å². The molecule has 0 saturated carbocycles. The van der Waals surface area contributed by atoms with Crippen LogP contribution in [0.25, 0.3) is 0 Å². The topological polar surface area (TPSA) is 84.9 Å². The van der Waals surface area contributed by atoms with E-state index in [1.54, 1.807) is 41.1 Å². The second-order valence-corrected chi connectivity index (χ2v) is 6.20. The molecule has 0 heterocycles. The van der Waals surface area contributed by atoms with Gasteiger partial charge in [-0.1, -0.05) is 13.0 Å². The molecule has 1 aromatic carbocycles. The van der Waals surface area contributed by atoms with Crippen molar-refractivity contribution in [3.8, 4) is 11.5 Å². The van der Waals surface area contributed by atoms with Crippen molar-refractivity contribution >= 4 is 11.9 Å². The van der Waals surface area contributed by atoms with E-state index in [1.165, 1.54) is 0 Å². The molecule has 1 atom stereocenters. The largest absolute Gasteiger partial charge is 0.493 e. The number of amides is 1. The maximum Gasteiger partial charge on any atom is 0.310 e. The Labute approximate surface area is 136 Å². The van der Waals surface area contributed by atoms with Crippen LogP contribution in [0.15, 0.2) is 18.2 Å². The van der Waals surface area contributed by atoms with Crippen molar-refractivity contribution in [1.29, 1.82) is 0 Å². The third-order valence-corrected chi connectivity index (χ3v) is 3.72. The molecule has 2 N–H and O–H groups in total. The monoisotopic (exact) mass is 323 g/mol. The van der Waals surface area contributed by atoms with E-state index in [4.69, 9.17) is 14.6 Å². The first-order valence-corrected chi connectivity index (χ1v) is 7.43. The summed E-state index contributed by atoms with van der Waals surface area (Å²) in [6.07, 6.45) is 0.527. The second-order valence-electron chi connectivity index (χ2n) is 6.20. The minimum Gasteiger partial charge on any atom is -0.493 e. The highest BCUT2D eigenvalue weighted by molar-refractivity contribution is 5.80. The van der Waals surface area contributed by atoms with Crippen LogP contribution in [0, 0.1) is 11.3 Å². The molecule has 0 aliphatic heterocycles. The number of carboxylic acids is 1. The summed E-state index contributed by atoms with van der Waals surface area (Å²) in [6.45, 7) is 5.06. The molecule has 1 rings (SSSR count). The maximum absolute atomic E-state index is 12.1. The van der Waals surface area contributed by atoms with Gasteiger partial charge in [-0.3, -0.25) is 9.59 Å². The molecule has 0 aliphatic carbocycles. The van der Waals surface area contributed by atoms with Gasteiger partial charge in [-0.25, -0.2) is 0 Å². The molecule has 0 saturated heterocycles. The van der Waals surface area contributed by atoms with Gasteiger partial charge >= 0.3 is 5.97 Å². The normalized spacial score (nSPS) is 12.4. The Morgan fingerprint density at radius 1 is 1.22 bits per heavy atom. The zero-order valence-corrected chi connectivity index (χ0v) is 14.3. The molecule has 0 aliphatic rings. The standard InChI is InChI=1S/C17H25NO5/c1-11(15(19)18-10-17(2,3)16(20)21)8-12-6-7-13(22-4)14(9-12)23-5/h6-7,9,11H,8,10H2,1-5H3,(H,18,19)(H,20,21). The van der Waals surface area contributed by atoms with Crippen LogP contribution in [0.3, 0.4) is 0 Å². The molecule has 0 spiro atoms. The first-order valence-electron chi connectivity index (χ1n) is 7.43. The minimum atomic E-state index is -0.987. The number of rotatable bonds is 8. The van der Waals surface area contributed by atoms with E-state index in [0.717, 1.165) is 5.56 Å². The maximum atomic E-state index is 12.1. The summed E-state index contributed by atoms with van der Waals surface area (Å²) in [7, 11) is 3.13. The molecule has 0 radical (unpaired) electrons. The van der Waals surface area contributed by atoms with Gasteiger partial charge in [0.15, 0.2) is 11.5 Å². The van der Waals surface area contributed by atoms with Gasteiger partial charge in [0.25, 0.3) is 0 Å². The number of methoxy groups -OCH3 is 2. The van der Waals surface area contributed by atoms with Gasteiger partial charge in [-0.2, -0.15) is 0 Å². The third kappa shape index (κ3) is 5.16. The van der Waals surface area contributed by atoms with E-state index < -0.39 is 11.4 Å². The first-order chi connectivity index (χ1) is 10.7. The fourth-order valence-electron chi connectivity index (χ4n) is 2.01. The van der Waals surface area contributed by atoms with Crippen LogP contribution < -0.4 is 14.8 Å². The lowest BCUT2D eigenvalue weighted by molar-refractivity contribution is -0.146. The molecule has 1 unspecified atom stereocenters. The lowest BCUT2D eigenvalue weighted by atomic mass is 9.93. The summed E-state index contributed by atoms with van der Waals surface area (Å²) in [4.78, 5) is 23.2. The summed E-state index contributed by atoms with van der Waals surface area (Å²) in [5.74, 6) is -0.140. The smallest absolute Gasteiger partial charge is 0.310 e. The van der Waals surface area contributed by atoms with Gasteiger partial charge < -0.3 is 19.9 Å². The number of aliphatic carboxylic acids is 1. The highest BCUT2D eigenvalue weighted by Gasteiger charge is 2.28. The van der Waals surface area contributed by atoms with Crippen LogP contribution in [0.1, 0.15) is 26.3 Å². The molecule has 6 heteroatoms. The molecular weight excluding hydrogens is 298 g/mol. The van der Waals surface area contributed by atoms with Crippen molar-refractivity contribution in [2.75, 3.05) is 20.8 Å². The van der Waals surface area contributed by atoms with Crippen molar-refractivity contribution in [3.05, 3.63) is 23.8 Å². The van der Waals surface area contributed by atoms with Crippen LogP contribution in [-0.4, -0.2) is 37.7 Å². The van der Waals surface area contributed by atoms with E-state index >= 15 is 0 Å². The fraction of sp³-hybridized carbons (Fsp3) is 0.529. The van der Waals surface area contributed by atoms with Crippen molar-refractivity contribution in [3.63, 3.8) is 0 Å². The highest BCUT2D eigenvalue weighted by atomic mass is 16.5. The van der Waals surface area contributed by atoms with Crippen molar-refractivity contribution < 1.29 is 24.2 Å². The molecule has 0 fully saturated rings. The van der Waals surface area contributed by atoms with E-state index in [0.29, 0.717) is 17.9 Å². The quantitative estimate of drug-likeness (QED) is 0.765. The Hall–Kier alpha value is -2.24. The first kappa shape index (κ1) is 18.8. The number of ether oxygens (including phenoxy) is 2. The minimum absolute atomic E-state index is 0.0947. The number of carbonyl (C=O) groups excluding carboxylic acids is 1. The Balaban J connectivity index is 2.67. The number of hydrogen-bond acceptors (Lipinski definition) is 4. The molecule has 128 valence electrons. The lowest BCUT2D eigenvalue weighted by Gasteiger charge is -2.21. The van der Waals surface area contributed by atoms with Crippen LogP contribution in [0.2, 0.25) is 0 Å². The summed E-state index contributed by atoms with van der Waals surface area (Å²) < 4.78 is 10.4. The van der Waals surface area contributed by atoms with Crippen LogP contribution in [0.4, 0.5) is 0 Å². The molecular formula is C17H25NO5. The number of hydrogen-bond donors (Lipinski definition) is 2. The van der Waals surface area contributed by atoms with Gasteiger partial charge in [-0.05, 0) is 38.0 Å². The summed E-state index contributed by atoms with van der Waals surface area (Å²) >= 11 is 0. The van der Waals surface area contributed by atoms with Crippen LogP contribution in [-0.2, 0) is 16.0 Å². The Kier molecular flexibility index (Phi) is 6.42. The van der Waals surface area contributed by atoms with Gasteiger partial charge in [0.05, 0.1) is 19.6 Å². The summed E-state index contributed by atoms with van der Waals surface area (Å²) in [5, 5.41) is 11.8. The molecule has 23 heavy (non-hydrogen) atoms. The van der Waals surface area contributed by atoms with Gasteiger partial charge in [0.1, 0.15) is 0 Å². The Morgan fingerprint density at radius 2 is 1.83 bits per heavy atom. The van der Waals surface area contributed by atoms with E-state index in [-0.39, 0.29) is 18.4 Å². The van der Waals surface area contributed by atoms with E-state index in [1.807, 2.05) is 12.1 Å². The predicted octanol–water partition coefficient (Wildman–Crippen LogP) is 2.11. The fourth-order valence-corrected chi connectivity index (χ4v) is 2.01. The number of nitrogens with one attached hydrogen (secondary N) is 1. The van der Waals surface area contributed by atoms with Gasteiger partial charge in [0.2, 0.25) is 5.91 Å². The molecule has 1 aromatic rings. The molecule has 0 aromatic heterocycles.